The average molecular weight is 280 g/mol. The van der Waals surface area contributed by atoms with Gasteiger partial charge in [0.1, 0.15) is 0 Å². The Hall–Kier alpha value is -2.66. The highest BCUT2D eigenvalue weighted by atomic mass is 16.2. The Morgan fingerprint density at radius 2 is 1.95 bits per heavy atom. The van der Waals surface area contributed by atoms with Crippen molar-refractivity contribution in [2.75, 3.05) is 11.4 Å². The summed E-state index contributed by atoms with van der Waals surface area (Å²) in [6.07, 6.45) is 5.32. The van der Waals surface area contributed by atoms with Crippen molar-refractivity contribution < 1.29 is 4.79 Å². The van der Waals surface area contributed by atoms with Gasteiger partial charge in [-0.2, -0.15) is 0 Å². The fraction of sp³-hybridized carbons (Fsp3) is 0.125. The third kappa shape index (κ3) is 2.39. The van der Waals surface area contributed by atoms with Gasteiger partial charge in [0.15, 0.2) is 0 Å². The lowest BCUT2D eigenvalue weighted by molar-refractivity contribution is -0.116. The first-order valence-electron chi connectivity index (χ1n) is 6.69. The molecule has 0 saturated heterocycles. The predicted molar refractivity (Wildman–Crippen MR) is 83.4 cm³/mol. The van der Waals surface area contributed by atoms with Crippen molar-refractivity contribution in [3.63, 3.8) is 0 Å². The minimum absolute atomic E-state index is 0.0465. The van der Waals surface area contributed by atoms with E-state index in [9.17, 15) is 4.79 Å². The van der Waals surface area contributed by atoms with Gasteiger partial charge in [0.05, 0.1) is 12.2 Å². The van der Waals surface area contributed by atoms with Gasteiger partial charge in [-0.1, -0.05) is 0 Å². The second kappa shape index (κ2) is 5.38. The summed E-state index contributed by atoms with van der Waals surface area (Å²) in [5.74, 6) is -0.156. The number of fused-ring (bicyclic) bond motifs is 1. The van der Waals surface area contributed by atoms with Gasteiger partial charge in [0.25, 0.3) is 0 Å². The molecule has 106 valence electrons. The van der Waals surface area contributed by atoms with E-state index < -0.39 is 0 Å². The molecule has 21 heavy (non-hydrogen) atoms. The van der Waals surface area contributed by atoms with E-state index in [0.29, 0.717) is 0 Å². The third-order valence-corrected chi connectivity index (χ3v) is 3.47. The van der Waals surface area contributed by atoms with Crippen LogP contribution >= 0.6 is 0 Å². The molecule has 0 aliphatic carbocycles. The Bertz CT molecular complexity index is 779. The average Bonchev–Trinajstić information content (AvgIpc) is 2.89. The number of carbonyl (C=O) groups excluding carboxylic acids is 1. The van der Waals surface area contributed by atoms with Crippen molar-refractivity contribution in [1.29, 1.82) is 0 Å². The molecule has 1 aromatic carbocycles. The fourth-order valence-corrected chi connectivity index (χ4v) is 2.43. The first kappa shape index (κ1) is 13.3. The van der Waals surface area contributed by atoms with Crippen LogP contribution in [0, 0.1) is 0 Å². The van der Waals surface area contributed by atoms with Crippen LogP contribution < -0.4 is 10.6 Å². The number of nitrogens with zero attached hydrogens (tertiary/aromatic N) is 3. The van der Waals surface area contributed by atoms with Crippen molar-refractivity contribution in [3.8, 4) is 0 Å². The summed E-state index contributed by atoms with van der Waals surface area (Å²) in [7, 11) is 1.99. The van der Waals surface area contributed by atoms with Gasteiger partial charge in [-0.05, 0) is 36.4 Å². The monoisotopic (exact) mass is 280 g/mol. The molecule has 3 rings (SSSR count). The highest BCUT2D eigenvalue weighted by molar-refractivity contribution is 6.03. The normalized spacial score (nSPS) is 10.8. The summed E-state index contributed by atoms with van der Waals surface area (Å²) in [5.41, 5.74) is 8.23. The maximum atomic E-state index is 12.2. The van der Waals surface area contributed by atoms with E-state index in [1.165, 1.54) is 0 Å². The molecule has 1 amide bonds. The zero-order valence-corrected chi connectivity index (χ0v) is 11.7. The number of amides is 1. The second-order valence-electron chi connectivity index (χ2n) is 4.81. The van der Waals surface area contributed by atoms with Gasteiger partial charge >= 0.3 is 0 Å². The Morgan fingerprint density at radius 1 is 1.19 bits per heavy atom. The number of hydrogen-bond donors (Lipinski definition) is 1. The van der Waals surface area contributed by atoms with Crippen molar-refractivity contribution >= 4 is 28.2 Å². The number of anilines is 2. The van der Waals surface area contributed by atoms with E-state index in [2.05, 4.69) is 4.98 Å². The molecule has 0 bridgehead atoms. The van der Waals surface area contributed by atoms with E-state index in [1.807, 2.05) is 42.1 Å². The molecule has 0 atom stereocenters. The Morgan fingerprint density at radius 3 is 2.67 bits per heavy atom. The van der Waals surface area contributed by atoms with Crippen molar-refractivity contribution in [2.24, 2.45) is 12.8 Å². The standard InChI is InChI=1S/C16H16N4O/c1-19-9-6-12-10-14(2-3-15(12)19)20(16(21)11-17)13-4-7-18-8-5-13/h2-10H,11,17H2,1H3. The lowest BCUT2D eigenvalue weighted by Gasteiger charge is -2.22. The number of aromatic nitrogens is 2. The van der Waals surface area contributed by atoms with E-state index in [4.69, 9.17) is 5.73 Å². The number of pyridine rings is 1. The number of hydrogen-bond acceptors (Lipinski definition) is 3. The molecule has 2 N–H and O–H groups in total. The van der Waals surface area contributed by atoms with Crippen LogP contribution in [0.5, 0.6) is 0 Å². The molecule has 0 aliphatic heterocycles. The maximum absolute atomic E-state index is 12.2. The molecule has 0 saturated carbocycles. The van der Waals surface area contributed by atoms with Crippen LogP contribution in [0.2, 0.25) is 0 Å². The Kier molecular flexibility index (Phi) is 3.41. The smallest absolute Gasteiger partial charge is 0.245 e. The fourth-order valence-electron chi connectivity index (χ4n) is 2.43. The summed E-state index contributed by atoms with van der Waals surface area (Å²) >= 11 is 0. The molecule has 2 heterocycles. The number of carbonyl (C=O) groups is 1. The predicted octanol–water partition coefficient (Wildman–Crippen LogP) is 2.20. The number of rotatable bonds is 3. The molecular weight excluding hydrogens is 264 g/mol. The SMILES string of the molecule is Cn1ccc2cc(N(C(=O)CN)c3ccncc3)ccc21. The first-order chi connectivity index (χ1) is 10.2. The number of benzene rings is 1. The minimum Gasteiger partial charge on any atom is -0.351 e. The van der Waals surface area contributed by atoms with Crippen LogP contribution in [0.3, 0.4) is 0 Å². The Labute approximate surface area is 122 Å². The van der Waals surface area contributed by atoms with Crippen molar-refractivity contribution in [1.82, 2.24) is 9.55 Å². The molecule has 0 fully saturated rings. The largest absolute Gasteiger partial charge is 0.351 e. The number of nitrogens with two attached hydrogens (primary N) is 1. The third-order valence-electron chi connectivity index (χ3n) is 3.47. The van der Waals surface area contributed by atoms with Crippen LogP contribution in [-0.2, 0) is 11.8 Å². The quantitative estimate of drug-likeness (QED) is 0.800. The van der Waals surface area contributed by atoms with Crippen molar-refractivity contribution in [3.05, 3.63) is 55.0 Å². The van der Waals surface area contributed by atoms with Gasteiger partial charge in [0, 0.05) is 42.2 Å². The zero-order chi connectivity index (χ0) is 14.8. The van der Waals surface area contributed by atoms with Gasteiger partial charge in [-0.15, -0.1) is 0 Å². The first-order valence-corrected chi connectivity index (χ1v) is 6.69. The molecule has 0 spiro atoms. The molecule has 5 nitrogen and oxygen atoms in total. The maximum Gasteiger partial charge on any atom is 0.245 e. The molecule has 2 aromatic heterocycles. The molecular formula is C16H16N4O. The van der Waals surface area contributed by atoms with Crippen molar-refractivity contribution in [2.45, 2.75) is 0 Å². The summed E-state index contributed by atoms with van der Waals surface area (Å²) in [4.78, 5) is 17.8. The molecule has 5 heteroatoms. The highest BCUT2D eigenvalue weighted by Crippen LogP contribution is 2.28. The molecule has 0 unspecified atom stereocenters. The second-order valence-corrected chi connectivity index (χ2v) is 4.81. The van der Waals surface area contributed by atoms with E-state index in [1.54, 1.807) is 29.4 Å². The van der Waals surface area contributed by atoms with Gasteiger partial charge in [-0.25, -0.2) is 0 Å². The summed E-state index contributed by atoms with van der Waals surface area (Å²) in [6.45, 7) is -0.0465. The van der Waals surface area contributed by atoms with E-state index >= 15 is 0 Å². The minimum atomic E-state index is -0.156. The summed E-state index contributed by atoms with van der Waals surface area (Å²) < 4.78 is 2.04. The topological polar surface area (TPSA) is 64.2 Å². The van der Waals surface area contributed by atoms with Crippen LogP contribution in [0.4, 0.5) is 11.4 Å². The molecule has 0 aliphatic rings. The van der Waals surface area contributed by atoms with Gasteiger partial charge in [-0.3, -0.25) is 14.7 Å². The van der Waals surface area contributed by atoms with E-state index in [-0.39, 0.29) is 12.5 Å². The zero-order valence-electron chi connectivity index (χ0n) is 11.7. The lowest BCUT2D eigenvalue weighted by Crippen LogP contribution is -2.32. The summed E-state index contributed by atoms with van der Waals surface area (Å²) in [5, 5.41) is 1.08. The summed E-state index contributed by atoms with van der Waals surface area (Å²) in [6, 6.07) is 11.5. The van der Waals surface area contributed by atoms with E-state index in [0.717, 1.165) is 22.3 Å². The highest BCUT2D eigenvalue weighted by Gasteiger charge is 2.17. The van der Waals surface area contributed by atoms with Gasteiger partial charge in [0.2, 0.25) is 5.91 Å². The lowest BCUT2D eigenvalue weighted by atomic mass is 10.2. The van der Waals surface area contributed by atoms with Gasteiger partial charge < -0.3 is 10.3 Å². The van der Waals surface area contributed by atoms with Crippen LogP contribution in [0.15, 0.2) is 55.0 Å². The number of aryl methyl sites for hydroxylation is 1. The Balaban J connectivity index is 2.12. The molecule has 0 radical (unpaired) electrons. The molecule has 3 aromatic rings. The van der Waals surface area contributed by atoms with Crippen LogP contribution in [0.25, 0.3) is 10.9 Å². The van der Waals surface area contributed by atoms with Crippen LogP contribution in [-0.4, -0.2) is 22.0 Å². The van der Waals surface area contributed by atoms with Crippen LogP contribution in [0.1, 0.15) is 0 Å².